The zero-order valence-corrected chi connectivity index (χ0v) is 14.6. The van der Waals surface area contributed by atoms with E-state index in [9.17, 15) is 4.79 Å². The second-order valence-electron chi connectivity index (χ2n) is 6.70. The van der Waals surface area contributed by atoms with Crippen molar-refractivity contribution in [3.8, 4) is 0 Å². The molecule has 1 aliphatic rings. The number of aryl methyl sites for hydroxylation is 2. The maximum absolute atomic E-state index is 12.3. The minimum Gasteiger partial charge on any atom is -0.466 e. The Morgan fingerprint density at radius 2 is 2.08 bits per heavy atom. The number of rotatable bonds is 4. The van der Waals surface area contributed by atoms with E-state index in [4.69, 9.17) is 4.42 Å². The van der Waals surface area contributed by atoms with Gasteiger partial charge in [0.15, 0.2) is 0 Å². The van der Waals surface area contributed by atoms with Crippen molar-refractivity contribution in [2.75, 3.05) is 18.0 Å². The highest BCUT2D eigenvalue weighted by Gasteiger charge is 2.17. The summed E-state index contributed by atoms with van der Waals surface area (Å²) >= 11 is 0. The number of amides is 1. The van der Waals surface area contributed by atoms with Crippen LogP contribution in [0.1, 0.15) is 47.2 Å². The highest BCUT2D eigenvalue weighted by molar-refractivity contribution is 5.94. The lowest BCUT2D eigenvalue weighted by atomic mass is 9.99. The van der Waals surface area contributed by atoms with Gasteiger partial charge in [-0.05, 0) is 50.8 Å². The second kappa shape index (κ2) is 7.07. The predicted molar refractivity (Wildman–Crippen MR) is 94.2 cm³/mol. The summed E-state index contributed by atoms with van der Waals surface area (Å²) in [5.41, 5.74) is 1.59. The number of hydrogen-bond acceptors (Lipinski definition) is 4. The van der Waals surface area contributed by atoms with Crippen LogP contribution >= 0.6 is 0 Å². The molecule has 0 saturated carbocycles. The van der Waals surface area contributed by atoms with E-state index >= 15 is 0 Å². The molecule has 0 unspecified atom stereocenters. The lowest BCUT2D eigenvalue weighted by molar-refractivity contribution is 0.0950. The van der Waals surface area contributed by atoms with Gasteiger partial charge < -0.3 is 14.6 Å². The van der Waals surface area contributed by atoms with E-state index < -0.39 is 0 Å². The summed E-state index contributed by atoms with van der Waals surface area (Å²) in [7, 11) is 0. The molecule has 0 bridgehead atoms. The molecule has 5 nitrogen and oxygen atoms in total. The van der Waals surface area contributed by atoms with Crippen molar-refractivity contribution in [3.05, 3.63) is 47.0 Å². The average molecular weight is 327 g/mol. The molecule has 5 heteroatoms. The van der Waals surface area contributed by atoms with Crippen LogP contribution < -0.4 is 10.2 Å². The summed E-state index contributed by atoms with van der Waals surface area (Å²) in [4.78, 5) is 19.0. The number of piperidine rings is 1. The molecule has 0 atom stereocenters. The number of anilines is 1. The molecule has 24 heavy (non-hydrogen) atoms. The van der Waals surface area contributed by atoms with Gasteiger partial charge in [-0.2, -0.15) is 0 Å². The average Bonchev–Trinajstić information content (AvgIpc) is 2.91. The van der Waals surface area contributed by atoms with Gasteiger partial charge >= 0.3 is 0 Å². The van der Waals surface area contributed by atoms with Crippen molar-refractivity contribution in [1.29, 1.82) is 0 Å². The molecular formula is C19H25N3O2. The zero-order valence-electron chi connectivity index (χ0n) is 14.6. The Bertz CT molecular complexity index is 698. The number of pyridine rings is 1. The molecule has 128 valence electrons. The summed E-state index contributed by atoms with van der Waals surface area (Å²) in [6, 6.07) is 5.75. The third-order valence-electron chi connectivity index (χ3n) is 4.70. The summed E-state index contributed by atoms with van der Waals surface area (Å²) in [5.74, 6) is 3.35. The molecule has 0 aliphatic carbocycles. The molecule has 2 aromatic heterocycles. The van der Waals surface area contributed by atoms with Gasteiger partial charge in [0.25, 0.3) is 5.91 Å². The van der Waals surface area contributed by atoms with Gasteiger partial charge in [-0.3, -0.25) is 4.79 Å². The number of carbonyl (C=O) groups is 1. The Morgan fingerprint density at radius 3 is 2.67 bits per heavy atom. The molecule has 1 N–H and O–H groups in total. The fourth-order valence-electron chi connectivity index (χ4n) is 3.08. The van der Waals surface area contributed by atoms with Crippen LogP contribution in [-0.4, -0.2) is 24.0 Å². The highest BCUT2D eigenvalue weighted by Crippen LogP contribution is 2.21. The minimum atomic E-state index is -0.112. The van der Waals surface area contributed by atoms with Crippen molar-refractivity contribution < 1.29 is 9.21 Å². The maximum Gasteiger partial charge on any atom is 0.253 e. The molecule has 1 amide bonds. The number of hydrogen-bond donors (Lipinski definition) is 1. The van der Waals surface area contributed by atoms with Gasteiger partial charge in [-0.15, -0.1) is 0 Å². The molecule has 3 heterocycles. The van der Waals surface area contributed by atoms with Gasteiger partial charge in [0, 0.05) is 31.4 Å². The number of furan rings is 1. The van der Waals surface area contributed by atoms with Crippen molar-refractivity contribution in [3.63, 3.8) is 0 Å². The normalized spacial score (nSPS) is 15.5. The van der Waals surface area contributed by atoms with Gasteiger partial charge in [0.05, 0.1) is 5.56 Å². The standard InChI is InChI=1S/C19H25N3O2/c1-13-6-8-22(9-7-13)18-5-4-16(11-20-18)19(23)21-12-17-10-14(2)24-15(17)3/h4-5,10-11,13H,6-9,12H2,1-3H3,(H,21,23). The molecule has 0 spiro atoms. The summed E-state index contributed by atoms with van der Waals surface area (Å²) < 4.78 is 5.47. The number of nitrogens with zero attached hydrogens (tertiary/aromatic N) is 2. The Kier molecular flexibility index (Phi) is 4.88. The topological polar surface area (TPSA) is 58.4 Å². The van der Waals surface area contributed by atoms with Gasteiger partial charge in [0.2, 0.25) is 0 Å². The first kappa shape index (κ1) is 16.6. The van der Waals surface area contributed by atoms with Gasteiger partial charge in [0.1, 0.15) is 17.3 Å². The van der Waals surface area contributed by atoms with Gasteiger partial charge in [-0.1, -0.05) is 6.92 Å². The Balaban J connectivity index is 1.58. The van der Waals surface area contributed by atoms with Crippen LogP contribution in [0.5, 0.6) is 0 Å². The van der Waals surface area contributed by atoms with Crippen LogP contribution in [0.3, 0.4) is 0 Å². The Labute approximate surface area is 143 Å². The third-order valence-corrected chi connectivity index (χ3v) is 4.70. The lowest BCUT2D eigenvalue weighted by Crippen LogP contribution is -2.33. The van der Waals surface area contributed by atoms with Crippen LogP contribution in [0.4, 0.5) is 5.82 Å². The molecule has 1 aliphatic heterocycles. The quantitative estimate of drug-likeness (QED) is 0.934. The fraction of sp³-hybridized carbons (Fsp3) is 0.474. The lowest BCUT2D eigenvalue weighted by Gasteiger charge is -2.31. The maximum atomic E-state index is 12.3. The number of aromatic nitrogens is 1. The highest BCUT2D eigenvalue weighted by atomic mass is 16.3. The third kappa shape index (κ3) is 3.78. The van der Waals surface area contributed by atoms with Crippen molar-refractivity contribution in [1.82, 2.24) is 10.3 Å². The summed E-state index contributed by atoms with van der Waals surface area (Å²) in [6.07, 6.45) is 4.07. The molecule has 2 aromatic rings. The van der Waals surface area contributed by atoms with Crippen LogP contribution in [0.25, 0.3) is 0 Å². The second-order valence-corrected chi connectivity index (χ2v) is 6.70. The van der Waals surface area contributed by atoms with E-state index in [-0.39, 0.29) is 5.91 Å². The molecule has 1 fully saturated rings. The first-order valence-corrected chi connectivity index (χ1v) is 8.58. The SMILES string of the molecule is Cc1cc(CNC(=O)c2ccc(N3CCC(C)CC3)nc2)c(C)o1. The molecule has 1 saturated heterocycles. The van der Waals surface area contributed by atoms with Crippen molar-refractivity contribution in [2.24, 2.45) is 5.92 Å². The van der Waals surface area contributed by atoms with E-state index in [0.717, 1.165) is 41.9 Å². The smallest absolute Gasteiger partial charge is 0.253 e. The monoisotopic (exact) mass is 327 g/mol. The number of carbonyl (C=O) groups excluding carboxylic acids is 1. The largest absolute Gasteiger partial charge is 0.466 e. The van der Waals surface area contributed by atoms with E-state index in [2.05, 4.69) is 22.1 Å². The molecular weight excluding hydrogens is 302 g/mol. The zero-order chi connectivity index (χ0) is 17.1. The van der Waals surface area contributed by atoms with Gasteiger partial charge in [-0.25, -0.2) is 4.98 Å². The van der Waals surface area contributed by atoms with E-state index in [1.807, 2.05) is 32.0 Å². The number of nitrogens with one attached hydrogen (secondary N) is 1. The van der Waals surface area contributed by atoms with Crippen molar-refractivity contribution >= 4 is 11.7 Å². The van der Waals surface area contributed by atoms with Crippen molar-refractivity contribution in [2.45, 2.75) is 40.2 Å². The predicted octanol–water partition coefficient (Wildman–Crippen LogP) is 3.46. The first-order valence-electron chi connectivity index (χ1n) is 8.58. The van der Waals surface area contributed by atoms with Crippen LogP contribution in [0.2, 0.25) is 0 Å². The summed E-state index contributed by atoms with van der Waals surface area (Å²) in [6.45, 7) is 8.65. The Morgan fingerprint density at radius 1 is 1.33 bits per heavy atom. The van der Waals surface area contributed by atoms with E-state index in [1.54, 1.807) is 6.20 Å². The molecule has 0 aromatic carbocycles. The van der Waals surface area contributed by atoms with E-state index in [1.165, 1.54) is 12.8 Å². The van der Waals surface area contributed by atoms with Crippen LogP contribution in [0.15, 0.2) is 28.8 Å². The Hall–Kier alpha value is -2.30. The fourth-order valence-corrected chi connectivity index (χ4v) is 3.08. The first-order chi connectivity index (χ1) is 11.5. The molecule has 3 rings (SSSR count). The molecule has 0 radical (unpaired) electrons. The minimum absolute atomic E-state index is 0.112. The van der Waals surface area contributed by atoms with E-state index in [0.29, 0.717) is 12.1 Å². The summed E-state index contributed by atoms with van der Waals surface area (Å²) in [5, 5.41) is 2.92. The van der Waals surface area contributed by atoms with Crippen LogP contribution in [-0.2, 0) is 6.54 Å². The van der Waals surface area contributed by atoms with Crippen LogP contribution in [0, 0.1) is 19.8 Å².